The molecule has 0 spiro atoms. The third kappa shape index (κ3) is 2.80. The normalized spacial score (nSPS) is 21.4. The van der Waals surface area contributed by atoms with Gasteiger partial charge in [0.1, 0.15) is 17.4 Å². The maximum atomic E-state index is 11.9. The Hall–Kier alpha value is -1.47. The van der Waals surface area contributed by atoms with Crippen LogP contribution in [0.1, 0.15) is 11.4 Å². The highest BCUT2D eigenvalue weighted by atomic mass is 16.6. The molecular formula is C10H17N5O2. The molecular weight excluding hydrogens is 222 g/mol. The zero-order valence-corrected chi connectivity index (χ0v) is 10.1. The molecule has 1 fully saturated rings. The SMILES string of the molecule is Cc1nonc1CNC(=O)C1CNCCN1C. The molecule has 17 heavy (non-hydrogen) atoms. The van der Waals surface area contributed by atoms with Gasteiger partial charge in [-0.3, -0.25) is 9.69 Å². The molecule has 2 N–H and O–H groups in total. The third-order valence-corrected chi connectivity index (χ3v) is 2.99. The second kappa shape index (κ2) is 5.24. The molecule has 1 aliphatic rings. The molecule has 1 aliphatic heterocycles. The van der Waals surface area contributed by atoms with Crippen molar-refractivity contribution in [3.8, 4) is 0 Å². The number of amides is 1. The lowest BCUT2D eigenvalue weighted by molar-refractivity contribution is -0.126. The molecule has 2 rings (SSSR count). The molecule has 1 amide bonds. The van der Waals surface area contributed by atoms with Crippen LogP contribution >= 0.6 is 0 Å². The smallest absolute Gasteiger partial charge is 0.238 e. The first-order valence-corrected chi connectivity index (χ1v) is 5.65. The molecule has 1 saturated heterocycles. The molecule has 0 radical (unpaired) electrons. The maximum Gasteiger partial charge on any atom is 0.238 e. The van der Waals surface area contributed by atoms with Crippen molar-refractivity contribution in [1.29, 1.82) is 0 Å². The predicted molar refractivity (Wildman–Crippen MR) is 60.2 cm³/mol. The van der Waals surface area contributed by atoms with E-state index in [1.165, 1.54) is 0 Å². The van der Waals surface area contributed by atoms with Gasteiger partial charge in [0.2, 0.25) is 5.91 Å². The number of rotatable bonds is 3. The minimum atomic E-state index is -0.121. The van der Waals surface area contributed by atoms with E-state index in [2.05, 4.69) is 25.6 Å². The second-order valence-electron chi connectivity index (χ2n) is 4.21. The van der Waals surface area contributed by atoms with Crippen LogP contribution in [0.5, 0.6) is 0 Å². The van der Waals surface area contributed by atoms with Crippen LogP contribution in [0, 0.1) is 6.92 Å². The summed E-state index contributed by atoms with van der Waals surface area (Å²) < 4.78 is 4.57. The Kier molecular flexibility index (Phi) is 3.70. The zero-order chi connectivity index (χ0) is 12.3. The molecule has 1 aromatic heterocycles. The first-order valence-electron chi connectivity index (χ1n) is 5.65. The number of hydrogen-bond donors (Lipinski definition) is 2. The van der Waals surface area contributed by atoms with Crippen molar-refractivity contribution in [3.05, 3.63) is 11.4 Å². The van der Waals surface area contributed by atoms with Crippen molar-refractivity contribution in [3.63, 3.8) is 0 Å². The van der Waals surface area contributed by atoms with Gasteiger partial charge in [0.05, 0.1) is 6.54 Å². The Labute approximate surface area is 99.5 Å². The highest BCUT2D eigenvalue weighted by Gasteiger charge is 2.25. The van der Waals surface area contributed by atoms with Crippen LogP contribution in [0.15, 0.2) is 4.63 Å². The molecule has 1 unspecified atom stereocenters. The van der Waals surface area contributed by atoms with Gasteiger partial charge >= 0.3 is 0 Å². The second-order valence-corrected chi connectivity index (χ2v) is 4.21. The maximum absolute atomic E-state index is 11.9. The Morgan fingerprint density at radius 1 is 1.65 bits per heavy atom. The topological polar surface area (TPSA) is 83.3 Å². The van der Waals surface area contributed by atoms with E-state index in [0.29, 0.717) is 24.5 Å². The first-order chi connectivity index (χ1) is 8.18. The molecule has 0 saturated carbocycles. The summed E-state index contributed by atoms with van der Waals surface area (Å²) in [7, 11) is 1.95. The van der Waals surface area contributed by atoms with Gasteiger partial charge in [-0.1, -0.05) is 10.3 Å². The van der Waals surface area contributed by atoms with Gasteiger partial charge < -0.3 is 10.6 Å². The summed E-state index contributed by atoms with van der Waals surface area (Å²) in [6.45, 7) is 4.64. The van der Waals surface area contributed by atoms with E-state index in [0.717, 1.165) is 13.1 Å². The quantitative estimate of drug-likeness (QED) is 0.696. The molecule has 1 aromatic rings. The number of carbonyl (C=O) groups is 1. The fourth-order valence-corrected chi connectivity index (χ4v) is 1.80. The molecule has 0 bridgehead atoms. The van der Waals surface area contributed by atoms with E-state index < -0.39 is 0 Å². The summed E-state index contributed by atoms with van der Waals surface area (Å²) >= 11 is 0. The Morgan fingerprint density at radius 2 is 2.47 bits per heavy atom. The summed E-state index contributed by atoms with van der Waals surface area (Å²) in [6.07, 6.45) is 0. The van der Waals surface area contributed by atoms with Crippen molar-refractivity contribution in [2.75, 3.05) is 26.7 Å². The van der Waals surface area contributed by atoms with Gasteiger partial charge in [-0.15, -0.1) is 0 Å². The molecule has 94 valence electrons. The van der Waals surface area contributed by atoms with Crippen molar-refractivity contribution in [2.45, 2.75) is 19.5 Å². The number of carbonyl (C=O) groups excluding carboxylic acids is 1. The summed E-state index contributed by atoms with van der Waals surface area (Å²) in [4.78, 5) is 14.0. The minimum absolute atomic E-state index is 0.00194. The number of likely N-dealkylation sites (N-methyl/N-ethyl adjacent to an activating group) is 1. The number of piperazine rings is 1. The van der Waals surface area contributed by atoms with Crippen LogP contribution in [0.2, 0.25) is 0 Å². The Balaban J connectivity index is 1.86. The van der Waals surface area contributed by atoms with Gasteiger partial charge in [0, 0.05) is 19.6 Å². The summed E-state index contributed by atoms with van der Waals surface area (Å²) in [5.41, 5.74) is 1.38. The minimum Gasteiger partial charge on any atom is -0.349 e. The summed E-state index contributed by atoms with van der Waals surface area (Å²) in [6, 6.07) is -0.121. The van der Waals surface area contributed by atoms with Gasteiger partial charge in [0.15, 0.2) is 0 Å². The molecule has 0 aliphatic carbocycles. The van der Waals surface area contributed by atoms with Crippen molar-refractivity contribution >= 4 is 5.91 Å². The highest BCUT2D eigenvalue weighted by Crippen LogP contribution is 2.02. The van der Waals surface area contributed by atoms with E-state index in [4.69, 9.17) is 0 Å². The summed E-state index contributed by atoms with van der Waals surface area (Å²) in [5.74, 6) is 0.00194. The Bertz CT molecular complexity index is 392. The van der Waals surface area contributed by atoms with Gasteiger partial charge in [0.25, 0.3) is 0 Å². The average molecular weight is 239 g/mol. The van der Waals surface area contributed by atoms with E-state index in [-0.39, 0.29) is 11.9 Å². The number of aryl methyl sites for hydroxylation is 1. The van der Waals surface area contributed by atoms with Crippen LogP contribution in [0.4, 0.5) is 0 Å². The number of aromatic nitrogens is 2. The van der Waals surface area contributed by atoms with E-state index >= 15 is 0 Å². The fraction of sp³-hybridized carbons (Fsp3) is 0.700. The highest BCUT2D eigenvalue weighted by molar-refractivity contribution is 5.82. The van der Waals surface area contributed by atoms with E-state index in [1.54, 1.807) is 6.92 Å². The van der Waals surface area contributed by atoms with Crippen LogP contribution in [-0.2, 0) is 11.3 Å². The van der Waals surface area contributed by atoms with Crippen molar-refractivity contribution < 1.29 is 9.42 Å². The third-order valence-electron chi connectivity index (χ3n) is 2.99. The molecule has 0 aromatic carbocycles. The van der Waals surface area contributed by atoms with E-state index in [9.17, 15) is 4.79 Å². The number of nitrogens with one attached hydrogen (secondary N) is 2. The van der Waals surface area contributed by atoms with Gasteiger partial charge in [-0.2, -0.15) is 0 Å². The molecule has 7 nitrogen and oxygen atoms in total. The average Bonchev–Trinajstić information content (AvgIpc) is 2.72. The van der Waals surface area contributed by atoms with Crippen LogP contribution in [0.3, 0.4) is 0 Å². The molecule has 7 heteroatoms. The summed E-state index contributed by atoms with van der Waals surface area (Å²) in [5, 5.41) is 13.4. The van der Waals surface area contributed by atoms with Crippen molar-refractivity contribution in [2.24, 2.45) is 0 Å². The fourth-order valence-electron chi connectivity index (χ4n) is 1.80. The number of hydrogen-bond acceptors (Lipinski definition) is 6. The zero-order valence-electron chi connectivity index (χ0n) is 10.1. The molecule has 1 atom stereocenters. The largest absolute Gasteiger partial charge is 0.349 e. The predicted octanol–water partition coefficient (Wildman–Crippen LogP) is -1.10. The lowest BCUT2D eigenvalue weighted by Gasteiger charge is -2.31. The van der Waals surface area contributed by atoms with Crippen LogP contribution in [0.25, 0.3) is 0 Å². The van der Waals surface area contributed by atoms with Crippen LogP contribution < -0.4 is 10.6 Å². The van der Waals surface area contributed by atoms with Crippen molar-refractivity contribution in [1.82, 2.24) is 25.8 Å². The Morgan fingerprint density at radius 3 is 3.12 bits per heavy atom. The standard InChI is InChI=1S/C10H17N5O2/c1-7-8(14-17-13-7)5-12-10(16)9-6-11-3-4-15(9)2/h9,11H,3-6H2,1-2H3,(H,12,16). The monoisotopic (exact) mass is 239 g/mol. The molecule has 2 heterocycles. The van der Waals surface area contributed by atoms with Crippen LogP contribution in [-0.4, -0.2) is 53.8 Å². The lowest BCUT2D eigenvalue weighted by Crippen LogP contribution is -2.56. The van der Waals surface area contributed by atoms with E-state index in [1.807, 2.05) is 11.9 Å². The van der Waals surface area contributed by atoms with Gasteiger partial charge in [-0.25, -0.2) is 4.63 Å². The lowest BCUT2D eigenvalue weighted by atomic mass is 10.2. The number of nitrogens with zero attached hydrogens (tertiary/aromatic N) is 3. The first kappa shape index (κ1) is 12.0. The van der Waals surface area contributed by atoms with Gasteiger partial charge in [-0.05, 0) is 14.0 Å².